The third-order valence-electron chi connectivity index (χ3n) is 2.95. The normalized spacial score (nSPS) is 10.5. The van der Waals surface area contributed by atoms with E-state index in [1.807, 2.05) is 30.3 Å². The van der Waals surface area contributed by atoms with Crippen LogP contribution in [0.2, 0.25) is 5.02 Å². The highest BCUT2D eigenvalue weighted by atomic mass is 35.5. The zero-order valence-electron chi connectivity index (χ0n) is 11.1. The van der Waals surface area contributed by atoms with Gasteiger partial charge >= 0.3 is 0 Å². The van der Waals surface area contributed by atoms with Crippen LogP contribution in [-0.4, -0.2) is 20.1 Å². The van der Waals surface area contributed by atoms with Crippen molar-refractivity contribution >= 4 is 17.3 Å². The number of phenols is 1. The molecule has 0 bridgehead atoms. The first kappa shape index (κ1) is 13.5. The molecule has 2 N–H and O–H groups in total. The molecule has 0 fully saturated rings. The van der Waals surface area contributed by atoms with Crippen molar-refractivity contribution in [2.75, 3.05) is 5.32 Å². The van der Waals surface area contributed by atoms with Gasteiger partial charge in [-0.2, -0.15) is 15.0 Å². The van der Waals surface area contributed by atoms with Crippen LogP contribution in [0, 0.1) is 0 Å². The summed E-state index contributed by atoms with van der Waals surface area (Å²) in [6.45, 7) is 0.522. The molecule has 0 aliphatic rings. The van der Waals surface area contributed by atoms with Crippen LogP contribution in [-0.2, 0) is 6.54 Å². The van der Waals surface area contributed by atoms with Crippen LogP contribution in [0.25, 0.3) is 5.69 Å². The summed E-state index contributed by atoms with van der Waals surface area (Å²) in [6, 6.07) is 14.7. The van der Waals surface area contributed by atoms with Crippen LogP contribution in [0.5, 0.6) is 5.75 Å². The Kier molecular flexibility index (Phi) is 3.75. The monoisotopic (exact) mass is 300 g/mol. The Balaban J connectivity index is 1.69. The molecule has 0 radical (unpaired) electrons. The van der Waals surface area contributed by atoms with Gasteiger partial charge in [-0.05, 0) is 30.3 Å². The summed E-state index contributed by atoms with van der Waals surface area (Å²) in [6.07, 6.45) is 1.71. The largest absolute Gasteiger partial charge is 0.506 e. The molecule has 0 aliphatic heterocycles. The summed E-state index contributed by atoms with van der Waals surface area (Å²) in [5.74, 6) is 0.0669. The molecule has 0 atom stereocenters. The lowest BCUT2D eigenvalue weighted by Crippen LogP contribution is -2.02. The lowest BCUT2D eigenvalue weighted by atomic mass is 10.3. The first-order chi connectivity index (χ1) is 10.2. The fraction of sp³-hybridized carbons (Fsp3) is 0.0667. The van der Waals surface area contributed by atoms with E-state index >= 15 is 0 Å². The first-order valence-electron chi connectivity index (χ1n) is 6.41. The van der Waals surface area contributed by atoms with Gasteiger partial charge in [0, 0.05) is 5.69 Å². The predicted octanol–water partition coefficient (Wildman–Crippen LogP) is 3.24. The number of hydrogen-bond acceptors (Lipinski definition) is 4. The van der Waals surface area contributed by atoms with Crippen LogP contribution in [0.4, 0.5) is 5.69 Å². The second-order valence-corrected chi connectivity index (χ2v) is 4.89. The third-order valence-corrected chi connectivity index (χ3v) is 3.25. The zero-order chi connectivity index (χ0) is 14.7. The number of nitrogens with zero attached hydrogens (tertiary/aromatic N) is 3. The highest BCUT2D eigenvalue weighted by Crippen LogP contribution is 2.26. The van der Waals surface area contributed by atoms with Crippen LogP contribution >= 0.6 is 11.6 Å². The minimum absolute atomic E-state index is 0.0669. The maximum Gasteiger partial charge on any atom is 0.134 e. The number of aromatic hydroxyl groups is 1. The lowest BCUT2D eigenvalue weighted by molar-refractivity contribution is 0.475. The molecule has 0 spiro atoms. The molecule has 0 amide bonds. The van der Waals surface area contributed by atoms with Crippen molar-refractivity contribution in [1.82, 2.24) is 15.0 Å². The van der Waals surface area contributed by atoms with E-state index in [9.17, 15) is 5.11 Å². The molecule has 0 unspecified atom stereocenters. The smallest absolute Gasteiger partial charge is 0.134 e. The molecule has 0 saturated carbocycles. The van der Waals surface area contributed by atoms with Crippen molar-refractivity contribution in [3.8, 4) is 11.4 Å². The van der Waals surface area contributed by atoms with Crippen molar-refractivity contribution in [1.29, 1.82) is 0 Å². The summed E-state index contributed by atoms with van der Waals surface area (Å²) in [5.41, 5.74) is 2.53. The molecule has 5 nitrogen and oxygen atoms in total. The number of rotatable bonds is 4. The highest BCUT2D eigenvalue weighted by molar-refractivity contribution is 6.32. The number of aromatic nitrogens is 3. The van der Waals surface area contributed by atoms with E-state index in [4.69, 9.17) is 11.6 Å². The van der Waals surface area contributed by atoms with Gasteiger partial charge in [-0.3, -0.25) is 0 Å². The van der Waals surface area contributed by atoms with E-state index in [-0.39, 0.29) is 5.75 Å². The van der Waals surface area contributed by atoms with Gasteiger partial charge in [-0.1, -0.05) is 29.8 Å². The Bertz CT molecular complexity index is 742. The van der Waals surface area contributed by atoms with E-state index in [0.29, 0.717) is 11.6 Å². The van der Waals surface area contributed by atoms with Crippen LogP contribution in [0.3, 0.4) is 0 Å². The van der Waals surface area contributed by atoms with Gasteiger partial charge < -0.3 is 10.4 Å². The number of para-hydroxylation sites is 1. The average molecular weight is 301 g/mol. The van der Waals surface area contributed by atoms with Crippen molar-refractivity contribution in [3.05, 3.63) is 65.4 Å². The number of phenolic OH excluding ortho intramolecular Hbond substituents is 1. The summed E-state index contributed by atoms with van der Waals surface area (Å²) < 4.78 is 0. The second kappa shape index (κ2) is 5.85. The number of anilines is 1. The van der Waals surface area contributed by atoms with E-state index in [1.165, 1.54) is 0 Å². The molecular formula is C15H13ClN4O. The molecule has 106 valence electrons. The van der Waals surface area contributed by atoms with Crippen LogP contribution in [0.15, 0.2) is 54.7 Å². The number of halogens is 1. The van der Waals surface area contributed by atoms with Crippen LogP contribution in [0.1, 0.15) is 5.69 Å². The highest BCUT2D eigenvalue weighted by Gasteiger charge is 2.04. The Morgan fingerprint density at radius 1 is 1.14 bits per heavy atom. The maximum atomic E-state index is 9.37. The quantitative estimate of drug-likeness (QED) is 0.726. The number of nitrogens with one attached hydrogen (secondary N) is 1. The van der Waals surface area contributed by atoms with Gasteiger partial charge in [0.2, 0.25) is 0 Å². The van der Waals surface area contributed by atoms with E-state index in [1.54, 1.807) is 29.2 Å². The number of benzene rings is 2. The molecule has 1 heterocycles. The molecule has 6 heteroatoms. The summed E-state index contributed by atoms with van der Waals surface area (Å²) in [5, 5.41) is 21.5. The van der Waals surface area contributed by atoms with Crippen molar-refractivity contribution in [2.24, 2.45) is 0 Å². The van der Waals surface area contributed by atoms with Gasteiger partial charge in [0.05, 0.1) is 23.5 Å². The Hall–Kier alpha value is -2.53. The topological polar surface area (TPSA) is 63.0 Å². The zero-order valence-corrected chi connectivity index (χ0v) is 11.8. The van der Waals surface area contributed by atoms with E-state index < -0.39 is 0 Å². The third kappa shape index (κ3) is 3.14. The summed E-state index contributed by atoms with van der Waals surface area (Å²) in [7, 11) is 0. The lowest BCUT2D eigenvalue weighted by Gasteiger charge is -2.05. The van der Waals surface area contributed by atoms with Gasteiger partial charge in [0.15, 0.2) is 0 Å². The summed E-state index contributed by atoms with van der Waals surface area (Å²) >= 11 is 5.86. The van der Waals surface area contributed by atoms with E-state index in [0.717, 1.165) is 17.1 Å². The van der Waals surface area contributed by atoms with Gasteiger partial charge in [-0.15, -0.1) is 0 Å². The molecule has 3 rings (SSSR count). The minimum Gasteiger partial charge on any atom is -0.506 e. The van der Waals surface area contributed by atoms with Crippen LogP contribution < -0.4 is 5.32 Å². The molecule has 3 aromatic rings. The van der Waals surface area contributed by atoms with Gasteiger partial charge in [-0.25, -0.2) is 0 Å². The first-order valence-corrected chi connectivity index (χ1v) is 6.79. The molecule has 21 heavy (non-hydrogen) atoms. The second-order valence-electron chi connectivity index (χ2n) is 4.48. The van der Waals surface area contributed by atoms with Gasteiger partial charge in [0.25, 0.3) is 0 Å². The molecular weight excluding hydrogens is 288 g/mol. The Morgan fingerprint density at radius 2 is 1.95 bits per heavy atom. The minimum atomic E-state index is 0.0669. The fourth-order valence-electron chi connectivity index (χ4n) is 1.87. The standard InChI is InChI=1S/C15H13ClN4O/c16-14-8-11(6-7-15(14)21)17-9-12-10-18-20(19-12)13-4-2-1-3-5-13/h1-8,10,17,21H,9H2. The van der Waals surface area contributed by atoms with Crippen molar-refractivity contribution in [3.63, 3.8) is 0 Å². The van der Waals surface area contributed by atoms with E-state index in [2.05, 4.69) is 15.5 Å². The fourth-order valence-corrected chi connectivity index (χ4v) is 2.05. The average Bonchev–Trinajstić information content (AvgIpc) is 2.98. The maximum absolute atomic E-state index is 9.37. The molecule has 0 aliphatic carbocycles. The van der Waals surface area contributed by atoms with Crippen molar-refractivity contribution < 1.29 is 5.11 Å². The predicted molar refractivity (Wildman–Crippen MR) is 81.8 cm³/mol. The molecule has 1 aromatic heterocycles. The Morgan fingerprint density at radius 3 is 2.71 bits per heavy atom. The van der Waals surface area contributed by atoms with Gasteiger partial charge in [0.1, 0.15) is 11.4 Å². The summed E-state index contributed by atoms with van der Waals surface area (Å²) in [4.78, 5) is 1.58. The molecule has 2 aromatic carbocycles. The van der Waals surface area contributed by atoms with Crippen molar-refractivity contribution in [2.45, 2.75) is 6.54 Å². The SMILES string of the molecule is Oc1ccc(NCc2cnn(-c3ccccc3)n2)cc1Cl. The number of hydrogen-bond donors (Lipinski definition) is 2. The Labute approximate surface area is 126 Å². The molecule has 0 saturated heterocycles.